The average molecular weight is 439 g/mol. The highest BCUT2D eigenvalue weighted by molar-refractivity contribution is 5.93. The number of likely N-dealkylation sites (N-methyl/N-ethyl adjacent to an activating group) is 1. The summed E-state index contributed by atoms with van der Waals surface area (Å²) >= 11 is 0. The second-order valence-corrected chi connectivity index (χ2v) is 8.45. The zero-order chi connectivity index (χ0) is 23.3. The molecule has 0 aliphatic carbocycles. The molecule has 32 heavy (non-hydrogen) atoms. The van der Waals surface area contributed by atoms with Gasteiger partial charge in [0.1, 0.15) is 0 Å². The van der Waals surface area contributed by atoms with E-state index in [1.54, 1.807) is 12.1 Å². The third-order valence-electron chi connectivity index (χ3n) is 6.05. The van der Waals surface area contributed by atoms with Crippen LogP contribution < -0.4 is 10.6 Å². The van der Waals surface area contributed by atoms with Crippen molar-refractivity contribution in [3.8, 4) is 11.1 Å². The lowest BCUT2D eigenvalue weighted by atomic mass is 9.89. The second-order valence-electron chi connectivity index (χ2n) is 8.45. The first kappa shape index (κ1) is 23.7. The number of carbonyl (C=O) groups is 2. The van der Waals surface area contributed by atoms with Crippen LogP contribution in [-0.2, 0) is 4.79 Å². The summed E-state index contributed by atoms with van der Waals surface area (Å²) in [5.74, 6) is 0.584. The van der Waals surface area contributed by atoms with Gasteiger partial charge in [-0.1, -0.05) is 12.1 Å². The van der Waals surface area contributed by atoms with Crippen molar-refractivity contribution in [2.75, 3.05) is 51.7 Å². The molecule has 1 aliphatic rings. The van der Waals surface area contributed by atoms with E-state index in [-0.39, 0.29) is 11.8 Å². The summed E-state index contributed by atoms with van der Waals surface area (Å²) in [5.41, 5.74) is 8.75. The maximum atomic E-state index is 12.6. The topological polar surface area (TPSA) is 95.7 Å². The Kier molecular flexibility index (Phi) is 7.80. The quantitative estimate of drug-likeness (QED) is 0.680. The number of likely N-dealkylation sites (tertiary alicyclic amines) is 1. The van der Waals surface area contributed by atoms with Gasteiger partial charge in [-0.2, -0.15) is 0 Å². The Bertz CT molecular complexity index is 940. The molecule has 1 aromatic carbocycles. The summed E-state index contributed by atoms with van der Waals surface area (Å²) in [6.07, 6.45) is 3.88. The van der Waals surface area contributed by atoms with Crippen LogP contribution in [0.4, 0.5) is 5.95 Å². The van der Waals surface area contributed by atoms with E-state index in [0.29, 0.717) is 18.1 Å². The van der Waals surface area contributed by atoms with Gasteiger partial charge in [-0.3, -0.25) is 14.5 Å². The van der Waals surface area contributed by atoms with Crippen LogP contribution in [0.1, 0.15) is 48.7 Å². The van der Waals surface area contributed by atoms with E-state index in [2.05, 4.69) is 9.88 Å². The molecular weight excluding hydrogens is 404 g/mol. The minimum atomic E-state index is -0.447. The number of hydrogen-bond donors (Lipinski definition) is 1. The van der Waals surface area contributed by atoms with Crippen molar-refractivity contribution < 1.29 is 9.59 Å². The lowest BCUT2D eigenvalue weighted by Gasteiger charge is -2.34. The Morgan fingerprint density at radius 1 is 1.16 bits per heavy atom. The number of anilines is 1. The van der Waals surface area contributed by atoms with Crippen LogP contribution in [0.5, 0.6) is 0 Å². The van der Waals surface area contributed by atoms with E-state index in [1.807, 2.05) is 56.1 Å². The molecule has 172 valence electrons. The molecule has 0 bridgehead atoms. The van der Waals surface area contributed by atoms with Crippen LogP contribution in [0.3, 0.4) is 0 Å². The molecule has 8 heteroatoms. The lowest BCUT2D eigenvalue weighted by Crippen LogP contribution is -2.44. The molecule has 0 radical (unpaired) electrons. The molecule has 1 saturated heterocycles. The summed E-state index contributed by atoms with van der Waals surface area (Å²) in [6.45, 7) is 7.62. The molecule has 2 heterocycles. The number of benzene rings is 1. The highest BCUT2D eigenvalue weighted by atomic mass is 16.2. The first-order valence-corrected chi connectivity index (χ1v) is 11.3. The van der Waals surface area contributed by atoms with Gasteiger partial charge in [-0.05, 0) is 50.9 Å². The Morgan fingerprint density at radius 3 is 2.44 bits per heavy atom. The summed E-state index contributed by atoms with van der Waals surface area (Å²) in [4.78, 5) is 39.6. The minimum absolute atomic E-state index is 0.176. The fraction of sp³-hybridized carbons (Fsp3) is 0.500. The van der Waals surface area contributed by atoms with Crippen LogP contribution >= 0.6 is 0 Å². The van der Waals surface area contributed by atoms with Crippen molar-refractivity contribution >= 4 is 17.8 Å². The predicted molar refractivity (Wildman–Crippen MR) is 127 cm³/mol. The number of nitrogens with zero attached hydrogens (tertiary/aromatic N) is 5. The molecule has 0 saturated carbocycles. The van der Waals surface area contributed by atoms with Crippen molar-refractivity contribution in [1.82, 2.24) is 19.8 Å². The fourth-order valence-corrected chi connectivity index (χ4v) is 4.24. The fourth-order valence-electron chi connectivity index (χ4n) is 4.24. The first-order valence-electron chi connectivity index (χ1n) is 11.3. The van der Waals surface area contributed by atoms with Crippen LogP contribution in [0.25, 0.3) is 11.1 Å². The smallest absolute Gasteiger partial charge is 0.248 e. The van der Waals surface area contributed by atoms with E-state index in [1.165, 1.54) is 0 Å². The Morgan fingerprint density at radius 2 is 1.84 bits per heavy atom. The Hall–Kier alpha value is -3.00. The normalized spacial score (nSPS) is 16.6. The minimum Gasteiger partial charge on any atom is -0.366 e. The second kappa shape index (κ2) is 10.5. The van der Waals surface area contributed by atoms with E-state index in [0.717, 1.165) is 55.8 Å². The molecule has 1 aliphatic heterocycles. The summed E-state index contributed by atoms with van der Waals surface area (Å²) < 4.78 is 0. The number of carbonyl (C=O) groups excluding carboxylic acids is 2. The number of primary amides is 1. The van der Waals surface area contributed by atoms with Crippen LogP contribution in [0.15, 0.2) is 30.5 Å². The van der Waals surface area contributed by atoms with Crippen LogP contribution in [0, 0.1) is 0 Å². The number of nitrogens with two attached hydrogens (primary N) is 1. The number of piperidine rings is 1. The SMILES string of the molecule is CCN(CC)C(=O)CN1CCCC(c2nc(N(C)C)ncc2-c2ccc(C(N)=O)cc2)C1. The zero-order valence-corrected chi connectivity index (χ0v) is 19.5. The molecule has 0 spiro atoms. The maximum Gasteiger partial charge on any atom is 0.248 e. The number of rotatable bonds is 8. The molecule has 2 amide bonds. The van der Waals surface area contributed by atoms with E-state index in [9.17, 15) is 9.59 Å². The summed E-state index contributed by atoms with van der Waals surface area (Å²) in [6, 6.07) is 7.25. The van der Waals surface area contributed by atoms with Gasteiger partial charge < -0.3 is 15.5 Å². The highest BCUT2D eigenvalue weighted by Crippen LogP contribution is 2.34. The van der Waals surface area contributed by atoms with Crippen molar-refractivity contribution in [2.45, 2.75) is 32.6 Å². The molecule has 1 fully saturated rings. The molecule has 1 aromatic heterocycles. The van der Waals surface area contributed by atoms with Gasteiger partial charge in [0.2, 0.25) is 17.8 Å². The Labute approximate surface area is 190 Å². The van der Waals surface area contributed by atoms with Gasteiger partial charge >= 0.3 is 0 Å². The highest BCUT2D eigenvalue weighted by Gasteiger charge is 2.27. The van der Waals surface area contributed by atoms with Gasteiger partial charge in [0, 0.05) is 57.0 Å². The third-order valence-corrected chi connectivity index (χ3v) is 6.05. The van der Waals surface area contributed by atoms with Crippen LogP contribution in [0.2, 0.25) is 0 Å². The standard InChI is InChI=1S/C24H34N6O2/c1-5-30(6-2)21(31)16-29-13-7-8-19(15-29)22-20(14-26-24(27-22)28(3)4)17-9-11-18(12-10-17)23(25)32/h9-12,14,19H,5-8,13,15-16H2,1-4H3,(H2,25,32). The van der Waals surface area contributed by atoms with Crippen molar-refractivity contribution in [3.05, 3.63) is 41.7 Å². The van der Waals surface area contributed by atoms with E-state index < -0.39 is 5.91 Å². The van der Waals surface area contributed by atoms with Crippen molar-refractivity contribution in [1.29, 1.82) is 0 Å². The zero-order valence-electron chi connectivity index (χ0n) is 19.5. The Balaban J connectivity index is 1.90. The molecule has 1 atom stereocenters. The van der Waals surface area contributed by atoms with Gasteiger partial charge in [0.15, 0.2) is 0 Å². The largest absolute Gasteiger partial charge is 0.366 e. The van der Waals surface area contributed by atoms with Gasteiger partial charge in [0.05, 0.1) is 12.2 Å². The van der Waals surface area contributed by atoms with Gasteiger partial charge in [-0.25, -0.2) is 9.97 Å². The van der Waals surface area contributed by atoms with Crippen molar-refractivity contribution in [2.24, 2.45) is 5.73 Å². The molecule has 8 nitrogen and oxygen atoms in total. The number of aromatic nitrogens is 2. The number of amides is 2. The van der Waals surface area contributed by atoms with Gasteiger partial charge in [0.25, 0.3) is 0 Å². The monoisotopic (exact) mass is 438 g/mol. The summed E-state index contributed by atoms with van der Waals surface area (Å²) in [5, 5.41) is 0. The molecule has 2 N–H and O–H groups in total. The molecule has 2 aromatic rings. The average Bonchev–Trinajstić information content (AvgIpc) is 2.79. The van der Waals surface area contributed by atoms with E-state index >= 15 is 0 Å². The molecule has 3 rings (SSSR count). The summed E-state index contributed by atoms with van der Waals surface area (Å²) in [7, 11) is 3.85. The van der Waals surface area contributed by atoms with Crippen molar-refractivity contribution in [3.63, 3.8) is 0 Å². The maximum absolute atomic E-state index is 12.6. The predicted octanol–water partition coefficient (Wildman–Crippen LogP) is 2.36. The number of hydrogen-bond acceptors (Lipinski definition) is 6. The molecule has 1 unspecified atom stereocenters. The third kappa shape index (κ3) is 5.43. The first-order chi connectivity index (χ1) is 15.3. The van der Waals surface area contributed by atoms with Gasteiger partial charge in [-0.15, -0.1) is 0 Å². The van der Waals surface area contributed by atoms with Crippen LogP contribution in [-0.4, -0.2) is 78.4 Å². The lowest BCUT2D eigenvalue weighted by molar-refractivity contribution is -0.132. The molecular formula is C24H34N6O2. The van der Waals surface area contributed by atoms with E-state index in [4.69, 9.17) is 10.7 Å².